The van der Waals surface area contributed by atoms with Gasteiger partial charge < -0.3 is 9.64 Å². The van der Waals surface area contributed by atoms with E-state index in [1.54, 1.807) is 0 Å². The summed E-state index contributed by atoms with van der Waals surface area (Å²) < 4.78 is 7.29. The van der Waals surface area contributed by atoms with Gasteiger partial charge in [0.2, 0.25) is 0 Å². The zero-order chi connectivity index (χ0) is 18.5. The lowest BCUT2D eigenvalue weighted by Gasteiger charge is -2.22. The standard InChI is InChI=1S/C24H22BrNO/c25-23-14-8-7-13-21(23)17-22(20-11-5-2-6-12-20)24-26(15-16-27-24)18-19-9-3-1-4-10-19/h1-14H,15-18H2/b24-22-. The second-order valence-electron chi connectivity index (χ2n) is 6.67. The van der Waals surface area contributed by atoms with Crippen LogP contribution in [0.15, 0.2) is 95.3 Å². The maximum atomic E-state index is 6.16. The van der Waals surface area contributed by atoms with E-state index in [9.17, 15) is 0 Å². The third-order valence-corrected chi connectivity index (χ3v) is 5.58. The van der Waals surface area contributed by atoms with Crippen LogP contribution in [0.3, 0.4) is 0 Å². The molecule has 3 aromatic rings. The quantitative estimate of drug-likeness (QED) is 0.510. The van der Waals surface area contributed by atoms with Gasteiger partial charge >= 0.3 is 0 Å². The molecule has 1 heterocycles. The van der Waals surface area contributed by atoms with Crippen molar-refractivity contribution in [3.8, 4) is 0 Å². The van der Waals surface area contributed by atoms with Crippen LogP contribution in [-0.4, -0.2) is 18.1 Å². The highest BCUT2D eigenvalue weighted by atomic mass is 79.9. The lowest BCUT2D eigenvalue weighted by molar-refractivity contribution is 0.233. The molecule has 0 amide bonds. The topological polar surface area (TPSA) is 12.5 Å². The van der Waals surface area contributed by atoms with Crippen LogP contribution in [0, 0.1) is 0 Å². The number of benzene rings is 3. The van der Waals surface area contributed by atoms with Crippen LogP contribution in [0.4, 0.5) is 0 Å². The van der Waals surface area contributed by atoms with Crippen LogP contribution in [0.2, 0.25) is 0 Å². The molecule has 1 aliphatic rings. The van der Waals surface area contributed by atoms with Crippen molar-refractivity contribution in [2.75, 3.05) is 13.2 Å². The lowest BCUT2D eigenvalue weighted by atomic mass is 9.98. The van der Waals surface area contributed by atoms with Gasteiger partial charge in [0.05, 0.1) is 6.54 Å². The maximum Gasteiger partial charge on any atom is 0.194 e. The van der Waals surface area contributed by atoms with Crippen molar-refractivity contribution in [1.82, 2.24) is 4.90 Å². The van der Waals surface area contributed by atoms with E-state index in [0.717, 1.165) is 36.5 Å². The third kappa shape index (κ3) is 4.25. The average molecular weight is 420 g/mol. The average Bonchev–Trinajstić information content (AvgIpc) is 3.16. The zero-order valence-electron chi connectivity index (χ0n) is 15.1. The molecule has 0 radical (unpaired) electrons. The summed E-state index contributed by atoms with van der Waals surface area (Å²) >= 11 is 3.70. The monoisotopic (exact) mass is 419 g/mol. The molecule has 0 bridgehead atoms. The van der Waals surface area contributed by atoms with Crippen molar-refractivity contribution in [2.45, 2.75) is 13.0 Å². The van der Waals surface area contributed by atoms with Crippen molar-refractivity contribution >= 4 is 21.5 Å². The van der Waals surface area contributed by atoms with E-state index in [-0.39, 0.29) is 0 Å². The number of ether oxygens (including phenoxy) is 1. The van der Waals surface area contributed by atoms with Crippen LogP contribution < -0.4 is 0 Å². The van der Waals surface area contributed by atoms with E-state index in [0.29, 0.717) is 0 Å². The van der Waals surface area contributed by atoms with E-state index in [1.165, 1.54) is 22.3 Å². The number of nitrogens with zero attached hydrogens (tertiary/aromatic N) is 1. The molecular weight excluding hydrogens is 398 g/mol. The molecule has 1 aliphatic heterocycles. The first-order valence-corrected chi connectivity index (χ1v) is 10.0. The summed E-state index contributed by atoms with van der Waals surface area (Å²) in [5, 5.41) is 0. The Labute approximate surface area is 169 Å². The normalized spacial score (nSPS) is 15.5. The van der Waals surface area contributed by atoms with Gasteiger partial charge in [0.1, 0.15) is 6.61 Å². The molecule has 27 heavy (non-hydrogen) atoms. The van der Waals surface area contributed by atoms with Gasteiger partial charge in [-0.2, -0.15) is 0 Å². The highest BCUT2D eigenvalue weighted by Crippen LogP contribution is 2.31. The van der Waals surface area contributed by atoms with Gasteiger partial charge in [-0.1, -0.05) is 94.8 Å². The summed E-state index contributed by atoms with van der Waals surface area (Å²) in [4.78, 5) is 2.36. The van der Waals surface area contributed by atoms with E-state index >= 15 is 0 Å². The maximum absolute atomic E-state index is 6.16. The summed E-state index contributed by atoms with van der Waals surface area (Å²) in [7, 11) is 0. The van der Waals surface area contributed by atoms with Crippen molar-refractivity contribution in [3.63, 3.8) is 0 Å². The Kier molecular flexibility index (Phi) is 5.59. The minimum Gasteiger partial charge on any atom is -0.477 e. The molecule has 0 atom stereocenters. The van der Waals surface area contributed by atoms with Crippen molar-refractivity contribution in [2.24, 2.45) is 0 Å². The van der Waals surface area contributed by atoms with Gasteiger partial charge in [-0.15, -0.1) is 0 Å². The number of halogens is 1. The molecule has 136 valence electrons. The summed E-state index contributed by atoms with van der Waals surface area (Å²) in [5.74, 6) is 1.00. The Morgan fingerprint density at radius 3 is 2.26 bits per heavy atom. The van der Waals surface area contributed by atoms with Crippen LogP contribution in [0.5, 0.6) is 0 Å². The van der Waals surface area contributed by atoms with Crippen molar-refractivity contribution < 1.29 is 4.74 Å². The molecule has 0 saturated carbocycles. The second-order valence-corrected chi connectivity index (χ2v) is 7.53. The summed E-state index contributed by atoms with van der Waals surface area (Å²) in [5.41, 5.74) is 5.01. The molecule has 1 saturated heterocycles. The number of hydrogen-bond donors (Lipinski definition) is 0. The molecule has 0 unspecified atom stereocenters. The fourth-order valence-electron chi connectivity index (χ4n) is 3.45. The van der Waals surface area contributed by atoms with E-state index in [2.05, 4.69) is 106 Å². The molecule has 3 heteroatoms. The van der Waals surface area contributed by atoms with Crippen LogP contribution in [0.1, 0.15) is 16.7 Å². The zero-order valence-corrected chi connectivity index (χ0v) is 16.7. The molecule has 1 fully saturated rings. The first-order chi connectivity index (χ1) is 13.3. The molecule has 0 aromatic heterocycles. The highest BCUT2D eigenvalue weighted by Gasteiger charge is 2.24. The van der Waals surface area contributed by atoms with Gasteiger partial charge in [-0.05, 0) is 22.8 Å². The molecule has 4 rings (SSSR count). The second kappa shape index (κ2) is 8.45. The Morgan fingerprint density at radius 1 is 0.852 bits per heavy atom. The Balaban J connectivity index is 1.73. The molecular formula is C24H22BrNO. The van der Waals surface area contributed by atoms with E-state index < -0.39 is 0 Å². The summed E-state index contributed by atoms with van der Waals surface area (Å²) in [6.45, 7) is 2.51. The highest BCUT2D eigenvalue weighted by molar-refractivity contribution is 9.10. The fraction of sp³-hybridized carbons (Fsp3) is 0.167. The summed E-state index contributed by atoms with van der Waals surface area (Å²) in [6, 6.07) is 29.6. The predicted octanol–water partition coefficient (Wildman–Crippen LogP) is 5.89. The fourth-order valence-corrected chi connectivity index (χ4v) is 3.88. The van der Waals surface area contributed by atoms with Gasteiger partial charge in [0.15, 0.2) is 5.88 Å². The van der Waals surface area contributed by atoms with Gasteiger partial charge in [-0.3, -0.25) is 0 Å². The smallest absolute Gasteiger partial charge is 0.194 e. The number of allylic oxidation sites excluding steroid dienone is 1. The molecule has 0 N–H and O–H groups in total. The van der Waals surface area contributed by atoms with Crippen LogP contribution in [0.25, 0.3) is 5.57 Å². The molecule has 0 aliphatic carbocycles. The van der Waals surface area contributed by atoms with Crippen LogP contribution in [-0.2, 0) is 17.7 Å². The molecule has 2 nitrogen and oxygen atoms in total. The first-order valence-electron chi connectivity index (χ1n) is 9.25. The predicted molar refractivity (Wildman–Crippen MR) is 114 cm³/mol. The Bertz CT molecular complexity index is 921. The van der Waals surface area contributed by atoms with Crippen molar-refractivity contribution in [3.05, 3.63) is 112 Å². The summed E-state index contributed by atoms with van der Waals surface area (Å²) in [6.07, 6.45) is 0.825. The third-order valence-electron chi connectivity index (χ3n) is 4.81. The Hall–Kier alpha value is -2.52. The minimum atomic E-state index is 0.731. The van der Waals surface area contributed by atoms with Crippen LogP contribution >= 0.6 is 15.9 Å². The van der Waals surface area contributed by atoms with Crippen molar-refractivity contribution in [1.29, 1.82) is 0 Å². The van der Waals surface area contributed by atoms with Gasteiger partial charge in [0.25, 0.3) is 0 Å². The molecule has 3 aromatic carbocycles. The minimum absolute atomic E-state index is 0.731. The van der Waals surface area contributed by atoms with E-state index in [4.69, 9.17) is 4.74 Å². The number of hydrogen-bond acceptors (Lipinski definition) is 2. The number of rotatable bonds is 5. The van der Waals surface area contributed by atoms with Gasteiger partial charge in [-0.25, -0.2) is 0 Å². The van der Waals surface area contributed by atoms with E-state index in [1.807, 2.05) is 0 Å². The SMILES string of the molecule is Brc1ccccc1C/C(=C1/OCCN1Cc1ccccc1)c1ccccc1. The molecule has 0 spiro atoms. The first kappa shape index (κ1) is 17.9. The Morgan fingerprint density at radius 2 is 1.52 bits per heavy atom. The van der Waals surface area contributed by atoms with Gasteiger partial charge in [0, 0.05) is 23.0 Å². The largest absolute Gasteiger partial charge is 0.477 e. The lowest BCUT2D eigenvalue weighted by Crippen LogP contribution is -2.19.